The summed E-state index contributed by atoms with van der Waals surface area (Å²) in [5.41, 5.74) is 1.27. The zero-order valence-electron chi connectivity index (χ0n) is 13.2. The van der Waals surface area contributed by atoms with Crippen LogP contribution in [0.4, 0.5) is 0 Å². The first kappa shape index (κ1) is 17.0. The van der Waals surface area contributed by atoms with Gasteiger partial charge in [-0.25, -0.2) is 0 Å². The molecule has 0 fully saturated rings. The first-order chi connectivity index (χ1) is 9.71. The Morgan fingerprint density at radius 3 is 2.75 bits per heavy atom. The van der Waals surface area contributed by atoms with Crippen molar-refractivity contribution in [1.82, 2.24) is 10.2 Å². The van der Waals surface area contributed by atoms with Gasteiger partial charge < -0.3 is 19.7 Å². The van der Waals surface area contributed by atoms with E-state index in [-0.39, 0.29) is 0 Å². The van der Waals surface area contributed by atoms with Crippen molar-refractivity contribution < 1.29 is 9.47 Å². The number of methoxy groups -OCH3 is 2. The second-order valence-corrected chi connectivity index (χ2v) is 5.04. The molecule has 0 saturated heterocycles. The van der Waals surface area contributed by atoms with Crippen molar-refractivity contribution in [3.8, 4) is 5.75 Å². The van der Waals surface area contributed by atoms with Gasteiger partial charge in [-0.2, -0.15) is 0 Å². The lowest BCUT2D eigenvalue weighted by Crippen LogP contribution is -2.35. The minimum atomic E-state index is 0.312. The predicted molar refractivity (Wildman–Crippen MR) is 83.4 cm³/mol. The molecule has 114 valence electrons. The number of nitrogens with one attached hydrogen (secondary N) is 1. The average molecular weight is 280 g/mol. The Kier molecular flexibility index (Phi) is 8.26. The average Bonchev–Trinajstić information content (AvgIpc) is 2.49. The highest BCUT2D eigenvalue weighted by atomic mass is 16.5. The Labute approximate surface area is 123 Å². The lowest BCUT2D eigenvalue weighted by molar-refractivity contribution is 0.155. The fourth-order valence-electron chi connectivity index (χ4n) is 2.11. The summed E-state index contributed by atoms with van der Waals surface area (Å²) in [5.74, 6) is 0.908. The van der Waals surface area contributed by atoms with Gasteiger partial charge in [0, 0.05) is 26.2 Å². The van der Waals surface area contributed by atoms with Crippen molar-refractivity contribution >= 4 is 0 Å². The molecule has 1 aromatic rings. The van der Waals surface area contributed by atoms with Crippen LogP contribution in [0, 0.1) is 0 Å². The van der Waals surface area contributed by atoms with Crippen molar-refractivity contribution in [3.05, 3.63) is 29.8 Å². The Morgan fingerprint density at radius 2 is 2.10 bits per heavy atom. The Hall–Kier alpha value is -1.10. The molecule has 1 N–H and O–H groups in total. The molecule has 1 aromatic carbocycles. The molecule has 1 rings (SSSR count). The molecule has 0 amide bonds. The normalized spacial score (nSPS) is 12.7. The van der Waals surface area contributed by atoms with Crippen LogP contribution >= 0.6 is 0 Å². The molecule has 0 aromatic heterocycles. The fraction of sp³-hybridized carbons (Fsp3) is 0.625. The van der Waals surface area contributed by atoms with Crippen molar-refractivity contribution in [1.29, 1.82) is 0 Å². The predicted octanol–water partition coefficient (Wildman–Crippen LogP) is 2.31. The van der Waals surface area contributed by atoms with Gasteiger partial charge in [-0.05, 0) is 37.7 Å². The van der Waals surface area contributed by atoms with Crippen molar-refractivity contribution in [2.45, 2.75) is 19.4 Å². The van der Waals surface area contributed by atoms with Crippen LogP contribution < -0.4 is 10.1 Å². The summed E-state index contributed by atoms with van der Waals surface area (Å²) in [7, 11) is 5.57. The number of hydrogen-bond acceptors (Lipinski definition) is 4. The molecule has 0 saturated carbocycles. The SMILES string of the molecule is CCCNC(CN(C)CCOC)c1cccc(OC)c1. The summed E-state index contributed by atoms with van der Waals surface area (Å²) >= 11 is 0. The van der Waals surface area contributed by atoms with Gasteiger partial charge in [-0.1, -0.05) is 19.1 Å². The monoisotopic (exact) mass is 280 g/mol. The Bertz CT molecular complexity index is 371. The molecule has 0 spiro atoms. The van der Waals surface area contributed by atoms with E-state index >= 15 is 0 Å². The van der Waals surface area contributed by atoms with E-state index in [0.717, 1.165) is 38.4 Å². The molecule has 1 unspecified atom stereocenters. The van der Waals surface area contributed by atoms with E-state index in [9.17, 15) is 0 Å². The maximum atomic E-state index is 5.32. The first-order valence-electron chi connectivity index (χ1n) is 7.26. The highest BCUT2D eigenvalue weighted by Gasteiger charge is 2.13. The van der Waals surface area contributed by atoms with Gasteiger partial charge in [0.15, 0.2) is 0 Å². The molecular weight excluding hydrogens is 252 g/mol. The topological polar surface area (TPSA) is 33.7 Å². The van der Waals surface area contributed by atoms with Gasteiger partial charge in [0.05, 0.1) is 13.7 Å². The molecule has 0 aliphatic rings. The molecule has 20 heavy (non-hydrogen) atoms. The lowest BCUT2D eigenvalue weighted by atomic mass is 10.1. The number of rotatable bonds is 10. The second-order valence-electron chi connectivity index (χ2n) is 5.04. The highest BCUT2D eigenvalue weighted by Crippen LogP contribution is 2.20. The van der Waals surface area contributed by atoms with Gasteiger partial charge in [0.25, 0.3) is 0 Å². The first-order valence-corrected chi connectivity index (χ1v) is 7.26. The van der Waals surface area contributed by atoms with Crippen LogP contribution in [0.25, 0.3) is 0 Å². The third kappa shape index (κ3) is 5.90. The van der Waals surface area contributed by atoms with E-state index in [1.165, 1.54) is 5.56 Å². The number of ether oxygens (including phenoxy) is 2. The Balaban J connectivity index is 2.71. The van der Waals surface area contributed by atoms with Crippen LogP contribution in [-0.4, -0.2) is 52.4 Å². The maximum absolute atomic E-state index is 5.32. The Morgan fingerprint density at radius 1 is 1.30 bits per heavy atom. The highest BCUT2D eigenvalue weighted by molar-refractivity contribution is 5.30. The van der Waals surface area contributed by atoms with E-state index in [0.29, 0.717) is 6.04 Å². The molecule has 0 radical (unpaired) electrons. The molecule has 0 aliphatic carbocycles. The largest absolute Gasteiger partial charge is 0.497 e. The minimum absolute atomic E-state index is 0.312. The second kappa shape index (κ2) is 9.75. The summed E-state index contributed by atoms with van der Waals surface area (Å²) in [4.78, 5) is 2.29. The zero-order chi connectivity index (χ0) is 14.8. The number of hydrogen-bond donors (Lipinski definition) is 1. The lowest BCUT2D eigenvalue weighted by Gasteiger charge is -2.25. The number of nitrogens with zero attached hydrogens (tertiary/aromatic N) is 1. The van der Waals surface area contributed by atoms with E-state index in [1.54, 1.807) is 14.2 Å². The van der Waals surface area contributed by atoms with Crippen LogP contribution in [0.1, 0.15) is 24.9 Å². The van der Waals surface area contributed by atoms with E-state index < -0.39 is 0 Å². The molecular formula is C16H28N2O2. The van der Waals surface area contributed by atoms with Crippen LogP contribution in [0.5, 0.6) is 5.75 Å². The summed E-state index contributed by atoms with van der Waals surface area (Å²) in [6.45, 7) is 5.85. The number of benzene rings is 1. The van der Waals surface area contributed by atoms with Crippen molar-refractivity contribution in [3.63, 3.8) is 0 Å². The number of likely N-dealkylation sites (N-methyl/N-ethyl adjacent to an activating group) is 1. The molecule has 0 bridgehead atoms. The van der Waals surface area contributed by atoms with Crippen LogP contribution in [-0.2, 0) is 4.74 Å². The van der Waals surface area contributed by atoms with Gasteiger partial charge in [-0.3, -0.25) is 0 Å². The van der Waals surface area contributed by atoms with Gasteiger partial charge in [0.1, 0.15) is 5.75 Å². The molecule has 0 heterocycles. The van der Waals surface area contributed by atoms with Gasteiger partial charge in [0.2, 0.25) is 0 Å². The minimum Gasteiger partial charge on any atom is -0.497 e. The molecule has 1 atom stereocenters. The zero-order valence-corrected chi connectivity index (χ0v) is 13.2. The van der Waals surface area contributed by atoms with Gasteiger partial charge >= 0.3 is 0 Å². The summed E-state index contributed by atoms with van der Waals surface area (Å²) in [6, 6.07) is 8.60. The standard InChI is InChI=1S/C16H28N2O2/c1-5-9-17-16(13-18(2)10-11-19-3)14-7-6-8-15(12-14)20-4/h6-8,12,16-17H,5,9-11,13H2,1-4H3. The fourth-order valence-corrected chi connectivity index (χ4v) is 2.11. The van der Waals surface area contributed by atoms with Crippen LogP contribution in [0.3, 0.4) is 0 Å². The quantitative estimate of drug-likeness (QED) is 0.713. The van der Waals surface area contributed by atoms with E-state index in [4.69, 9.17) is 9.47 Å². The van der Waals surface area contributed by atoms with Crippen LogP contribution in [0.15, 0.2) is 24.3 Å². The molecule has 4 heteroatoms. The van der Waals surface area contributed by atoms with Crippen LogP contribution in [0.2, 0.25) is 0 Å². The smallest absolute Gasteiger partial charge is 0.119 e. The molecule has 0 aliphatic heterocycles. The van der Waals surface area contributed by atoms with E-state index in [2.05, 4.69) is 36.3 Å². The van der Waals surface area contributed by atoms with Crippen molar-refractivity contribution in [2.75, 3.05) is 47.5 Å². The molecule has 4 nitrogen and oxygen atoms in total. The summed E-state index contributed by atoms with van der Waals surface area (Å²) in [5, 5.41) is 3.61. The van der Waals surface area contributed by atoms with E-state index in [1.807, 2.05) is 12.1 Å². The van der Waals surface area contributed by atoms with Gasteiger partial charge in [-0.15, -0.1) is 0 Å². The third-order valence-electron chi connectivity index (χ3n) is 3.31. The maximum Gasteiger partial charge on any atom is 0.119 e. The summed E-state index contributed by atoms with van der Waals surface area (Å²) in [6.07, 6.45) is 1.13. The third-order valence-corrected chi connectivity index (χ3v) is 3.31. The van der Waals surface area contributed by atoms with Crippen molar-refractivity contribution in [2.24, 2.45) is 0 Å². The summed E-state index contributed by atoms with van der Waals surface area (Å²) < 4.78 is 10.5.